The molecular weight excluding hydrogens is 244 g/mol. The highest BCUT2D eigenvalue weighted by Crippen LogP contribution is 2.24. The lowest BCUT2D eigenvalue weighted by Gasteiger charge is -2.20. The van der Waals surface area contributed by atoms with Crippen LogP contribution < -0.4 is 16.4 Å². The highest BCUT2D eigenvalue weighted by atomic mass is 16.4. The molecule has 0 saturated heterocycles. The zero-order valence-corrected chi connectivity index (χ0v) is 11.1. The predicted molar refractivity (Wildman–Crippen MR) is 74.7 cm³/mol. The largest absolute Gasteiger partial charge is 0.423 e. The number of carbonyl (C=O) groups excluding carboxylic acids is 1. The van der Waals surface area contributed by atoms with Gasteiger partial charge in [-0.2, -0.15) is 4.98 Å². The third-order valence-electron chi connectivity index (χ3n) is 2.60. The van der Waals surface area contributed by atoms with E-state index in [9.17, 15) is 4.79 Å². The van der Waals surface area contributed by atoms with E-state index in [0.29, 0.717) is 35.3 Å². The Morgan fingerprint density at radius 2 is 2.21 bits per heavy atom. The number of aromatic nitrogens is 1. The van der Waals surface area contributed by atoms with Crippen molar-refractivity contribution in [1.29, 1.82) is 0 Å². The van der Waals surface area contributed by atoms with Crippen LogP contribution in [-0.4, -0.2) is 24.0 Å². The Morgan fingerprint density at radius 1 is 1.47 bits per heavy atom. The maximum atomic E-state index is 11.1. The second kappa shape index (κ2) is 5.17. The van der Waals surface area contributed by atoms with Gasteiger partial charge in [-0.3, -0.25) is 4.79 Å². The van der Waals surface area contributed by atoms with E-state index in [0.717, 1.165) is 0 Å². The first kappa shape index (κ1) is 13.2. The van der Waals surface area contributed by atoms with Crippen molar-refractivity contribution in [3.05, 3.63) is 18.2 Å². The van der Waals surface area contributed by atoms with Gasteiger partial charge in [0.25, 0.3) is 6.01 Å². The molecule has 1 amide bonds. The van der Waals surface area contributed by atoms with Crippen LogP contribution in [0.4, 0.5) is 11.7 Å². The van der Waals surface area contributed by atoms with Crippen molar-refractivity contribution >= 4 is 28.7 Å². The Balaban J connectivity index is 2.34. The summed E-state index contributed by atoms with van der Waals surface area (Å²) in [5.74, 6) is -0.0538. The molecule has 0 aliphatic rings. The molecule has 102 valence electrons. The summed E-state index contributed by atoms with van der Waals surface area (Å²) in [5, 5.41) is 0. The third kappa shape index (κ3) is 3.15. The Labute approximate surface area is 111 Å². The number of benzene rings is 1. The molecule has 0 radical (unpaired) electrons. The van der Waals surface area contributed by atoms with Gasteiger partial charge in [0.2, 0.25) is 5.91 Å². The van der Waals surface area contributed by atoms with Gasteiger partial charge in [0.05, 0.1) is 0 Å². The molecule has 0 saturated carbocycles. The Hall–Kier alpha value is -2.24. The smallest absolute Gasteiger partial charge is 0.298 e. The molecular formula is C13H18N4O2. The molecule has 2 aromatic rings. The summed E-state index contributed by atoms with van der Waals surface area (Å²) in [5.41, 5.74) is 12.9. The minimum absolute atomic E-state index is 0.0838. The summed E-state index contributed by atoms with van der Waals surface area (Å²) in [6.07, 6.45) is 0. The van der Waals surface area contributed by atoms with E-state index in [-0.39, 0.29) is 6.54 Å². The summed E-state index contributed by atoms with van der Waals surface area (Å²) in [7, 11) is 0. The van der Waals surface area contributed by atoms with Crippen LogP contribution in [0.2, 0.25) is 0 Å². The van der Waals surface area contributed by atoms with Crippen molar-refractivity contribution in [2.75, 3.05) is 23.7 Å². The van der Waals surface area contributed by atoms with Gasteiger partial charge in [0.1, 0.15) is 12.1 Å². The van der Waals surface area contributed by atoms with Crippen LogP contribution in [0.3, 0.4) is 0 Å². The summed E-state index contributed by atoms with van der Waals surface area (Å²) in [6.45, 7) is 4.83. The molecule has 6 nitrogen and oxygen atoms in total. The first-order valence-electron chi connectivity index (χ1n) is 6.15. The summed E-state index contributed by atoms with van der Waals surface area (Å²) in [6, 6.07) is 5.64. The van der Waals surface area contributed by atoms with Gasteiger partial charge >= 0.3 is 0 Å². The number of anilines is 2. The van der Waals surface area contributed by atoms with Gasteiger partial charge in [0, 0.05) is 12.2 Å². The number of nitrogens with zero attached hydrogens (tertiary/aromatic N) is 2. The lowest BCUT2D eigenvalue weighted by atomic mass is 10.2. The van der Waals surface area contributed by atoms with Crippen LogP contribution >= 0.6 is 0 Å². The molecule has 0 fully saturated rings. The van der Waals surface area contributed by atoms with Gasteiger partial charge < -0.3 is 20.8 Å². The van der Waals surface area contributed by atoms with Gasteiger partial charge in [-0.1, -0.05) is 13.8 Å². The molecule has 19 heavy (non-hydrogen) atoms. The van der Waals surface area contributed by atoms with Crippen molar-refractivity contribution in [2.24, 2.45) is 11.7 Å². The monoisotopic (exact) mass is 262 g/mol. The van der Waals surface area contributed by atoms with E-state index in [1.54, 1.807) is 23.1 Å². The Kier molecular flexibility index (Phi) is 3.59. The molecule has 1 heterocycles. The first-order chi connectivity index (χ1) is 8.95. The SMILES string of the molecule is CC(C)CN(CC(N)=O)c1nc2cc(N)ccc2o1. The molecule has 0 atom stereocenters. The average molecular weight is 262 g/mol. The molecule has 0 bridgehead atoms. The van der Waals surface area contributed by atoms with Gasteiger partial charge in [-0.15, -0.1) is 0 Å². The average Bonchev–Trinajstić information content (AvgIpc) is 2.69. The highest BCUT2D eigenvalue weighted by Gasteiger charge is 2.17. The summed E-state index contributed by atoms with van der Waals surface area (Å²) in [4.78, 5) is 17.2. The van der Waals surface area contributed by atoms with E-state index < -0.39 is 5.91 Å². The zero-order chi connectivity index (χ0) is 14.0. The zero-order valence-electron chi connectivity index (χ0n) is 11.1. The number of rotatable bonds is 5. The normalized spacial score (nSPS) is 11.1. The molecule has 1 aromatic heterocycles. The van der Waals surface area contributed by atoms with E-state index in [1.807, 2.05) is 0 Å². The Morgan fingerprint density at radius 3 is 2.84 bits per heavy atom. The number of primary amides is 1. The second-order valence-electron chi connectivity index (χ2n) is 4.96. The Bertz CT molecular complexity index is 591. The summed E-state index contributed by atoms with van der Waals surface area (Å²) >= 11 is 0. The number of oxazole rings is 1. The highest BCUT2D eigenvalue weighted by molar-refractivity contribution is 5.81. The van der Waals surface area contributed by atoms with Crippen molar-refractivity contribution in [3.63, 3.8) is 0 Å². The number of fused-ring (bicyclic) bond motifs is 1. The van der Waals surface area contributed by atoms with Crippen molar-refractivity contribution in [1.82, 2.24) is 4.98 Å². The lowest BCUT2D eigenvalue weighted by molar-refractivity contribution is -0.116. The second-order valence-corrected chi connectivity index (χ2v) is 4.96. The standard InChI is InChI=1S/C13H18N4O2/c1-8(2)6-17(7-12(15)18)13-16-10-5-9(14)3-4-11(10)19-13/h3-5,8H,6-7,14H2,1-2H3,(H2,15,18). The van der Waals surface area contributed by atoms with Crippen molar-refractivity contribution in [2.45, 2.75) is 13.8 Å². The van der Waals surface area contributed by atoms with Gasteiger partial charge in [-0.05, 0) is 24.1 Å². The minimum Gasteiger partial charge on any atom is -0.423 e. The fourth-order valence-electron chi connectivity index (χ4n) is 1.91. The quantitative estimate of drug-likeness (QED) is 0.793. The number of nitrogens with two attached hydrogens (primary N) is 2. The number of carbonyl (C=O) groups is 1. The molecule has 4 N–H and O–H groups in total. The minimum atomic E-state index is -0.414. The van der Waals surface area contributed by atoms with Crippen molar-refractivity contribution < 1.29 is 9.21 Å². The van der Waals surface area contributed by atoms with Gasteiger partial charge in [0.15, 0.2) is 5.58 Å². The predicted octanol–water partition coefficient (Wildman–Crippen LogP) is 1.36. The topological polar surface area (TPSA) is 98.4 Å². The molecule has 1 aromatic carbocycles. The van der Waals surface area contributed by atoms with Gasteiger partial charge in [-0.25, -0.2) is 0 Å². The van der Waals surface area contributed by atoms with Crippen LogP contribution in [0, 0.1) is 5.92 Å². The fraction of sp³-hybridized carbons (Fsp3) is 0.385. The number of hydrogen-bond acceptors (Lipinski definition) is 5. The van der Waals surface area contributed by atoms with Crippen LogP contribution in [0.1, 0.15) is 13.8 Å². The van der Waals surface area contributed by atoms with Crippen molar-refractivity contribution in [3.8, 4) is 0 Å². The molecule has 0 aliphatic carbocycles. The van der Waals surface area contributed by atoms with Crippen LogP contribution in [0.25, 0.3) is 11.1 Å². The fourth-order valence-corrected chi connectivity index (χ4v) is 1.91. The van der Waals surface area contributed by atoms with E-state index in [1.165, 1.54) is 0 Å². The molecule has 6 heteroatoms. The third-order valence-corrected chi connectivity index (χ3v) is 2.60. The maximum Gasteiger partial charge on any atom is 0.298 e. The number of hydrogen-bond donors (Lipinski definition) is 2. The number of nitrogen functional groups attached to an aromatic ring is 1. The first-order valence-corrected chi connectivity index (χ1v) is 6.15. The van der Waals surface area contributed by atoms with Crippen LogP contribution in [-0.2, 0) is 4.79 Å². The van der Waals surface area contributed by atoms with E-state index in [4.69, 9.17) is 15.9 Å². The number of amides is 1. The van der Waals surface area contributed by atoms with E-state index in [2.05, 4.69) is 18.8 Å². The molecule has 0 spiro atoms. The molecule has 0 aliphatic heterocycles. The molecule has 0 unspecified atom stereocenters. The maximum absolute atomic E-state index is 11.1. The molecule has 2 rings (SSSR count). The van der Waals surface area contributed by atoms with E-state index >= 15 is 0 Å². The van der Waals surface area contributed by atoms with Crippen LogP contribution in [0.15, 0.2) is 22.6 Å². The summed E-state index contributed by atoms with van der Waals surface area (Å²) < 4.78 is 5.64. The lowest BCUT2D eigenvalue weighted by Crippen LogP contribution is -2.36. The van der Waals surface area contributed by atoms with Crippen LogP contribution in [0.5, 0.6) is 0 Å².